The predicted molar refractivity (Wildman–Crippen MR) is 92.7 cm³/mol. The molecule has 1 spiro atoms. The average Bonchev–Trinajstić information content (AvgIpc) is 2.93. The largest absolute Gasteiger partial charge is 0.375 e. The van der Waals surface area contributed by atoms with Crippen molar-refractivity contribution in [3.63, 3.8) is 0 Å². The fourth-order valence-corrected chi connectivity index (χ4v) is 5.28. The van der Waals surface area contributed by atoms with Crippen molar-refractivity contribution >= 4 is 27.7 Å². The molecule has 21 heavy (non-hydrogen) atoms. The summed E-state index contributed by atoms with van der Waals surface area (Å²) >= 11 is 5.40. The first kappa shape index (κ1) is 15.9. The Hall–Kier alpha value is -0.0300. The maximum absolute atomic E-state index is 6.50. The van der Waals surface area contributed by atoms with E-state index in [1.54, 1.807) is 0 Å². The molecule has 0 bridgehead atoms. The lowest BCUT2D eigenvalue weighted by atomic mass is 9.81. The second kappa shape index (κ2) is 7.03. The first-order chi connectivity index (χ1) is 10.2. The molecule has 1 aromatic rings. The maximum atomic E-state index is 6.50. The van der Waals surface area contributed by atoms with Crippen molar-refractivity contribution in [3.8, 4) is 0 Å². The van der Waals surface area contributed by atoms with Crippen LogP contribution in [0, 0.1) is 5.92 Å². The van der Waals surface area contributed by atoms with Crippen LogP contribution < -0.4 is 5.73 Å². The van der Waals surface area contributed by atoms with Gasteiger partial charge in [0.2, 0.25) is 0 Å². The van der Waals surface area contributed by atoms with Crippen LogP contribution in [0.25, 0.3) is 0 Å². The van der Waals surface area contributed by atoms with Gasteiger partial charge >= 0.3 is 0 Å². The molecule has 0 radical (unpaired) electrons. The lowest BCUT2D eigenvalue weighted by molar-refractivity contribution is -0.0951. The molecule has 116 valence electrons. The molecule has 2 nitrogen and oxygen atoms in total. The van der Waals surface area contributed by atoms with Gasteiger partial charge in [-0.3, -0.25) is 0 Å². The third kappa shape index (κ3) is 4.04. The first-order valence-corrected chi connectivity index (χ1v) is 9.73. The van der Waals surface area contributed by atoms with Crippen LogP contribution in [0.1, 0.15) is 38.5 Å². The van der Waals surface area contributed by atoms with E-state index in [4.69, 9.17) is 10.5 Å². The molecule has 2 atom stereocenters. The standard InChI is InChI=1S/C17H24BrNOS/c18-14-4-3-5-15(10-14)21-12-16(19)13-6-9-20-17(11-13)7-1-2-8-17/h3-5,10,13,16H,1-2,6-9,11-12,19H2. The highest BCUT2D eigenvalue weighted by Gasteiger charge is 2.41. The van der Waals surface area contributed by atoms with Crippen molar-refractivity contribution in [2.24, 2.45) is 11.7 Å². The summed E-state index contributed by atoms with van der Waals surface area (Å²) in [5.74, 6) is 1.62. The molecule has 1 aromatic carbocycles. The minimum atomic E-state index is 0.182. The Morgan fingerprint density at radius 3 is 2.95 bits per heavy atom. The number of hydrogen-bond donors (Lipinski definition) is 1. The molecule has 1 heterocycles. The molecular formula is C17H24BrNOS. The molecule has 2 fully saturated rings. The van der Waals surface area contributed by atoms with Crippen molar-refractivity contribution in [2.75, 3.05) is 12.4 Å². The van der Waals surface area contributed by atoms with E-state index in [1.807, 2.05) is 11.8 Å². The van der Waals surface area contributed by atoms with Gasteiger partial charge in [-0.2, -0.15) is 0 Å². The molecule has 2 unspecified atom stereocenters. The highest BCUT2D eigenvalue weighted by atomic mass is 79.9. The van der Waals surface area contributed by atoms with E-state index < -0.39 is 0 Å². The zero-order chi connectivity index (χ0) is 14.7. The number of rotatable bonds is 4. The molecule has 1 aliphatic carbocycles. The summed E-state index contributed by atoms with van der Waals surface area (Å²) in [6.07, 6.45) is 7.45. The average molecular weight is 370 g/mol. The van der Waals surface area contributed by atoms with E-state index in [-0.39, 0.29) is 11.6 Å². The number of hydrogen-bond acceptors (Lipinski definition) is 3. The van der Waals surface area contributed by atoms with Crippen molar-refractivity contribution in [2.45, 2.75) is 55.1 Å². The lowest BCUT2D eigenvalue weighted by Crippen LogP contribution is -2.44. The molecule has 4 heteroatoms. The van der Waals surface area contributed by atoms with Gasteiger partial charge in [0.05, 0.1) is 5.60 Å². The summed E-state index contributed by atoms with van der Waals surface area (Å²) in [6, 6.07) is 8.74. The summed E-state index contributed by atoms with van der Waals surface area (Å²) in [5, 5.41) is 0. The Morgan fingerprint density at radius 1 is 1.38 bits per heavy atom. The van der Waals surface area contributed by atoms with Crippen LogP contribution in [0.2, 0.25) is 0 Å². The van der Waals surface area contributed by atoms with E-state index in [0.29, 0.717) is 5.92 Å². The Morgan fingerprint density at radius 2 is 2.19 bits per heavy atom. The van der Waals surface area contributed by atoms with Crippen LogP contribution in [0.4, 0.5) is 0 Å². The van der Waals surface area contributed by atoms with Crippen LogP contribution in [-0.2, 0) is 4.74 Å². The Balaban J connectivity index is 1.54. The maximum Gasteiger partial charge on any atom is 0.0685 e. The molecule has 1 saturated heterocycles. The second-order valence-corrected chi connectivity index (χ2v) is 8.43. The van der Waals surface area contributed by atoms with Gasteiger partial charge in [0.25, 0.3) is 0 Å². The minimum Gasteiger partial charge on any atom is -0.375 e. The molecule has 2 aliphatic rings. The van der Waals surface area contributed by atoms with E-state index in [1.165, 1.54) is 37.0 Å². The van der Waals surface area contributed by atoms with Crippen molar-refractivity contribution in [3.05, 3.63) is 28.7 Å². The summed E-state index contributed by atoms with van der Waals surface area (Å²) in [5.41, 5.74) is 6.68. The zero-order valence-corrected chi connectivity index (χ0v) is 14.8. The molecule has 2 N–H and O–H groups in total. The molecule has 1 aliphatic heterocycles. The quantitative estimate of drug-likeness (QED) is 0.787. The summed E-state index contributed by atoms with van der Waals surface area (Å²) in [6.45, 7) is 0.903. The van der Waals surface area contributed by atoms with Gasteiger partial charge in [-0.15, -0.1) is 11.8 Å². The summed E-state index contributed by atoms with van der Waals surface area (Å²) < 4.78 is 7.25. The monoisotopic (exact) mass is 369 g/mol. The van der Waals surface area contributed by atoms with Crippen molar-refractivity contribution in [1.82, 2.24) is 0 Å². The predicted octanol–water partition coefficient (Wildman–Crippen LogP) is 4.61. The van der Waals surface area contributed by atoms with Crippen LogP contribution >= 0.6 is 27.7 Å². The SMILES string of the molecule is NC(CSc1cccc(Br)c1)C1CCOC2(CCCC2)C1. The second-order valence-electron chi connectivity index (χ2n) is 6.42. The van der Waals surface area contributed by atoms with E-state index in [0.717, 1.165) is 23.3 Å². The van der Waals surface area contributed by atoms with Crippen LogP contribution in [0.5, 0.6) is 0 Å². The molecule has 1 saturated carbocycles. The zero-order valence-electron chi connectivity index (χ0n) is 12.4. The van der Waals surface area contributed by atoms with E-state index >= 15 is 0 Å². The molecule has 0 amide bonds. The number of halogens is 1. The molecule has 3 rings (SSSR count). The van der Waals surface area contributed by atoms with Crippen LogP contribution in [0.15, 0.2) is 33.6 Å². The van der Waals surface area contributed by atoms with Gasteiger partial charge in [0, 0.05) is 27.8 Å². The number of nitrogens with two attached hydrogens (primary N) is 1. The van der Waals surface area contributed by atoms with Gasteiger partial charge < -0.3 is 10.5 Å². The lowest BCUT2D eigenvalue weighted by Gasteiger charge is -2.40. The van der Waals surface area contributed by atoms with E-state index in [2.05, 4.69) is 40.2 Å². The Bertz CT molecular complexity index is 476. The van der Waals surface area contributed by atoms with Crippen molar-refractivity contribution < 1.29 is 4.74 Å². The number of thioether (sulfide) groups is 1. The van der Waals surface area contributed by atoms with Gasteiger partial charge in [0.15, 0.2) is 0 Å². The summed E-state index contributed by atoms with van der Waals surface area (Å²) in [4.78, 5) is 1.29. The highest BCUT2D eigenvalue weighted by Crippen LogP contribution is 2.43. The van der Waals surface area contributed by atoms with Gasteiger partial charge in [0.1, 0.15) is 0 Å². The molecule has 0 aromatic heterocycles. The first-order valence-electron chi connectivity index (χ1n) is 7.95. The van der Waals surface area contributed by atoms with Crippen LogP contribution in [0.3, 0.4) is 0 Å². The fourth-order valence-electron chi connectivity index (χ4n) is 3.68. The van der Waals surface area contributed by atoms with Crippen LogP contribution in [-0.4, -0.2) is 24.0 Å². The summed E-state index contributed by atoms with van der Waals surface area (Å²) in [7, 11) is 0. The Labute approximate surface area is 140 Å². The van der Waals surface area contributed by atoms with Crippen molar-refractivity contribution in [1.29, 1.82) is 0 Å². The third-order valence-corrected chi connectivity index (χ3v) is 6.52. The Kier molecular flexibility index (Phi) is 5.31. The smallest absolute Gasteiger partial charge is 0.0685 e. The highest BCUT2D eigenvalue weighted by molar-refractivity contribution is 9.10. The van der Waals surface area contributed by atoms with Gasteiger partial charge in [-0.05, 0) is 49.8 Å². The number of ether oxygens (including phenoxy) is 1. The minimum absolute atomic E-state index is 0.182. The third-order valence-electron chi connectivity index (χ3n) is 4.89. The van der Waals surface area contributed by atoms with Gasteiger partial charge in [-0.1, -0.05) is 34.8 Å². The molecular weight excluding hydrogens is 346 g/mol. The normalized spacial score (nSPS) is 26.1. The van der Waals surface area contributed by atoms with E-state index in [9.17, 15) is 0 Å². The fraction of sp³-hybridized carbons (Fsp3) is 0.647. The van der Waals surface area contributed by atoms with Gasteiger partial charge in [-0.25, -0.2) is 0 Å². The topological polar surface area (TPSA) is 35.2 Å². The number of benzene rings is 1.